The van der Waals surface area contributed by atoms with Crippen LogP contribution in [0.25, 0.3) is 33.4 Å². The van der Waals surface area contributed by atoms with Crippen LogP contribution in [0.3, 0.4) is 0 Å². The summed E-state index contributed by atoms with van der Waals surface area (Å²) in [4.78, 5) is 104. The predicted molar refractivity (Wildman–Crippen MR) is 485 cm³/mol. The molecule has 129 heavy (non-hydrogen) atoms. The van der Waals surface area contributed by atoms with Crippen LogP contribution in [0.4, 0.5) is 11.8 Å². The number of esters is 2. The maximum absolute atomic E-state index is 14.6. The molecule has 1 aromatic carbocycles. The number of anilines is 2. The van der Waals surface area contributed by atoms with Crippen molar-refractivity contribution in [3.63, 3.8) is 0 Å². The van der Waals surface area contributed by atoms with Gasteiger partial charge in [0.05, 0.1) is 109 Å². The van der Waals surface area contributed by atoms with Crippen LogP contribution in [0.5, 0.6) is 0 Å². The summed E-state index contributed by atoms with van der Waals surface area (Å²) >= 11 is 0. The Morgan fingerprint density at radius 1 is 0.690 bits per heavy atom. The van der Waals surface area contributed by atoms with E-state index >= 15 is 0 Å². The Bertz CT molecular complexity index is 4290. The van der Waals surface area contributed by atoms with Crippen LogP contribution in [0.1, 0.15) is 189 Å². The summed E-state index contributed by atoms with van der Waals surface area (Å²) in [5.41, 5.74) is 17.2. The third-order valence-corrected chi connectivity index (χ3v) is 23.7. The Hall–Kier alpha value is -8.30. The minimum Gasteiger partial charge on any atom is -0.460 e. The molecule has 3 fully saturated rings. The van der Waals surface area contributed by atoms with Crippen molar-refractivity contribution >= 4 is 69.2 Å². The zero-order valence-electron chi connectivity index (χ0n) is 78.5. The molecule has 2 bridgehead atoms. The van der Waals surface area contributed by atoms with E-state index in [1.165, 1.54) is 18.3 Å². The molecule has 5 aromatic rings. The highest BCUT2D eigenvalue weighted by Crippen LogP contribution is 2.40. The summed E-state index contributed by atoms with van der Waals surface area (Å²) in [6.07, 6.45) is 19.6. The molecule has 34 heteroatoms. The quantitative estimate of drug-likeness (QED) is 0.0106. The lowest BCUT2D eigenvalue weighted by molar-refractivity contribution is -0.265. The minimum absolute atomic E-state index is 0.0103. The molecule has 1 aliphatic carbocycles. The van der Waals surface area contributed by atoms with Gasteiger partial charge in [0.1, 0.15) is 65.4 Å². The van der Waals surface area contributed by atoms with E-state index in [0.717, 1.165) is 42.8 Å². The van der Waals surface area contributed by atoms with Crippen molar-refractivity contribution in [2.75, 3.05) is 146 Å². The first kappa shape index (κ1) is 108. The second kappa shape index (κ2) is 57.9. The zero-order chi connectivity index (χ0) is 93.8. The second-order valence-electron chi connectivity index (χ2n) is 34.0. The number of aliphatic hydroxyl groups is 3. The number of hydrogen-bond acceptors (Lipinski definition) is 32. The van der Waals surface area contributed by atoms with Crippen LogP contribution in [0.2, 0.25) is 0 Å². The fourth-order valence-electron chi connectivity index (χ4n) is 16.3. The van der Waals surface area contributed by atoms with Crippen molar-refractivity contribution in [2.24, 2.45) is 35.5 Å². The molecule has 720 valence electrons. The van der Waals surface area contributed by atoms with Gasteiger partial charge in [-0.3, -0.25) is 24.0 Å². The Morgan fingerprint density at radius 3 is 1.98 bits per heavy atom. The molecule has 4 aromatic heterocycles. The molecule has 7 N–H and O–H groups in total. The molecule has 2 saturated heterocycles. The Balaban J connectivity index is 0.000000325. The van der Waals surface area contributed by atoms with Crippen LogP contribution in [0, 0.1) is 35.5 Å². The number of aliphatic hydroxyl groups excluding tert-OH is 2. The number of benzene rings is 1. The molecule has 34 nitrogen and oxygen atoms in total. The number of carbonyl (C=O) groups is 6. The minimum atomic E-state index is -2.44. The third kappa shape index (κ3) is 35.0. The van der Waals surface area contributed by atoms with Crippen molar-refractivity contribution < 1.29 is 115 Å². The molecule has 3 aliphatic heterocycles. The summed E-state index contributed by atoms with van der Waals surface area (Å²) < 4.78 is 84.9. The molecular formula is C95H146N10O24. The maximum atomic E-state index is 14.6. The number of aromatic nitrogens is 7. The molecular weight excluding hydrogens is 1670 g/mol. The number of cyclic esters (lactones) is 1. The smallest absolute Gasteiger partial charge is 0.329 e. The highest BCUT2D eigenvalue weighted by Gasteiger charge is 2.53. The van der Waals surface area contributed by atoms with Crippen LogP contribution >= 0.6 is 0 Å². The first-order valence-electron chi connectivity index (χ1n) is 45.8. The van der Waals surface area contributed by atoms with Gasteiger partial charge in [0, 0.05) is 142 Å². The lowest BCUT2D eigenvalue weighted by atomic mass is 9.78. The van der Waals surface area contributed by atoms with E-state index < -0.39 is 90.0 Å². The van der Waals surface area contributed by atoms with Gasteiger partial charge in [0.2, 0.25) is 5.79 Å². The molecule has 0 unspecified atom stereocenters. The van der Waals surface area contributed by atoms with Gasteiger partial charge in [-0.15, -0.1) is 0 Å². The van der Waals surface area contributed by atoms with E-state index in [9.17, 15) is 44.1 Å². The topological polar surface area (TPSA) is 443 Å². The number of methoxy groups -OCH3 is 5. The number of piperidine rings is 1. The number of rotatable bonds is 39. The summed E-state index contributed by atoms with van der Waals surface area (Å²) in [6.45, 7) is 26.0. The van der Waals surface area contributed by atoms with Crippen LogP contribution in [-0.2, 0) is 108 Å². The van der Waals surface area contributed by atoms with E-state index in [1.54, 1.807) is 78.4 Å². The van der Waals surface area contributed by atoms with E-state index in [1.807, 2.05) is 70.2 Å². The standard InChI is InChI=1S/C56H89NO15.C23H23N9O3.C16H34O6/c1-34-18-13-12-14-19-35(2)46(67-9)32-42-24-22-40(7)56(65,72-42)53(62)54(63)57-26-16-15-20-43(57)55(64)71-47(33-44(58)36(3)29-39(6)51(61)52(69-11)50(60)38(5)28-34)37(4)30-41-23-25-45(48(31-41)68-10)70-49(59)21-17-27-66-8;1-34-7-6-15(33)3-5-18-26-9-13(10-27-18)11-32-22-19(21(24)28-12-29-22)20(31-32)14-2-4-17-16(8-14)30-23(25)35-17;1-3-5-17-7-9-19-11-13-21-15-16-22-14-12-20-10-8-18-6-4-2/h12-14,18-19,29,34,36-38,40-48,51-52,58,61,65H,15-17,20-28,30-33H2,1-11H3;2,4,8-10,12H,3,5-7,11H2,1H3,(H2,25,30)(H2,24,28,29);3-16H2,1-2H3/b14-12+,18-13+,35-19+,39-29+;;/t34-,36-,37-,38-,40-,41+,42+,43+,44-,45-,46+,47+,48-,51-,52+,56-;;/m1../s1. The average molecular weight is 1810 g/mol. The average Bonchev–Trinajstić information content (AvgIpc) is 1.72. The van der Waals surface area contributed by atoms with E-state index in [4.69, 9.17) is 87.3 Å². The highest BCUT2D eigenvalue weighted by atomic mass is 16.6. The maximum Gasteiger partial charge on any atom is 0.329 e. The van der Waals surface area contributed by atoms with Crippen molar-refractivity contribution in [3.05, 3.63) is 95.9 Å². The van der Waals surface area contributed by atoms with Crippen LogP contribution in [0.15, 0.2) is 88.9 Å². The molecule has 9 rings (SSSR count). The SMILES string of the molecule is CCCOCCOCCOCCOCCOCCOCCC.COCCC(=O)CCc1ncc(Cn2nc(-c3ccc4oc(N)nc4c3)c3c(N)ncnc32)cn1.COCCCC(=O)O[C@@H]1CC[C@@H](C[C@@H](C)[C@@H]2C[C@@H](O)[C@H](C)/C=C(\C)[C@@H](O)[C@@H](OC)C(=O)[C@H](C)C[C@H](C)/C=C/C=C/C=C(\C)[C@@H](OC)C[C@@H]3CC[C@@H](C)[C@@](O)(O3)C(=O)C(=O)N3CCCC[C@H]3C(=O)O2)C[C@H]1OC. The van der Waals surface area contributed by atoms with E-state index in [0.29, 0.717) is 221 Å². The van der Waals surface area contributed by atoms with Crippen LogP contribution in [-0.4, -0.2) is 285 Å². The lowest BCUT2D eigenvalue weighted by Crippen LogP contribution is -2.61. The van der Waals surface area contributed by atoms with Gasteiger partial charge in [0.15, 0.2) is 17.0 Å². The fourth-order valence-corrected chi connectivity index (χ4v) is 16.3. The monoisotopic (exact) mass is 1810 g/mol. The zero-order valence-corrected chi connectivity index (χ0v) is 78.5. The number of nitrogen functional groups attached to an aromatic ring is 2. The van der Waals surface area contributed by atoms with Gasteiger partial charge in [0.25, 0.3) is 17.7 Å². The molecule has 1 saturated carbocycles. The molecule has 0 radical (unpaired) electrons. The van der Waals surface area contributed by atoms with Gasteiger partial charge in [-0.1, -0.05) is 84.9 Å². The van der Waals surface area contributed by atoms with E-state index in [-0.39, 0.29) is 73.2 Å². The van der Waals surface area contributed by atoms with Crippen molar-refractivity contribution in [3.8, 4) is 11.3 Å². The van der Waals surface area contributed by atoms with E-state index in [2.05, 4.69) is 38.8 Å². The van der Waals surface area contributed by atoms with Gasteiger partial charge in [-0.05, 0) is 144 Å². The number of nitrogens with two attached hydrogens (primary N) is 2. The number of Topliss-reactive ketones (excluding diaryl/α,β-unsaturated/α-hetero) is 3. The first-order chi connectivity index (χ1) is 62.1. The van der Waals surface area contributed by atoms with Crippen molar-refractivity contribution in [1.29, 1.82) is 0 Å². The predicted octanol–water partition coefficient (Wildman–Crippen LogP) is 11.0. The normalized spacial score (nSPS) is 26.5. The van der Waals surface area contributed by atoms with Gasteiger partial charge in [-0.25, -0.2) is 29.4 Å². The van der Waals surface area contributed by atoms with Gasteiger partial charge < -0.3 is 102 Å². The molecule has 0 spiro atoms. The number of nitrogens with zero attached hydrogens (tertiary/aromatic N) is 8. The van der Waals surface area contributed by atoms with Gasteiger partial charge >= 0.3 is 11.9 Å². The second-order valence-corrected chi connectivity index (χ2v) is 34.0. The number of allylic oxidation sites excluding steroid dienone is 5. The number of ether oxygens (including phenoxy) is 14. The molecule has 16 atom stereocenters. The van der Waals surface area contributed by atoms with Crippen molar-refractivity contribution in [2.45, 2.75) is 252 Å². The number of carbonyl (C=O) groups excluding carboxylic acids is 6. The molecule has 7 heterocycles. The Labute approximate surface area is 760 Å². The number of fused-ring (bicyclic) bond motifs is 5. The number of amides is 1. The third-order valence-electron chi connectivity index (χ3n) is 23.7. The number of oxazole rings is 1. The highest BCUT2D eigenvalue weighted by molar-refractivity contribution is 6.39. The Morgan fingerprint density at radius 2 is 1.35 bits per heavy atom. The van der Waals surface area contributed by atoms with Crippen molar-refractivity contribution in [1.82, 2.24) is 39.6 Å². The molecule has 1 amide bonds. The number of aryl methyl sites for hydroxylation is 1. The number of hydrogen-bond donors (Lipinski definition) is 5. The number of ketones is 3. The summed E-state index contributed by atoms with van der Waals surface area (Å²) in [5.74, 6) is -6.77. The van der Waals surface area contributed by atoms with Crippen LogP contribution < -0.4 is 11.5 Å². The first-order valence-corrected chi connectivity index (χ1v) is 45.8. The summed E-state index contributed by atoms with van der Waals surface area (Å²) in [7, 11) is 7.72. The summed E-state index contributed by atoms with van der Waals surface area (Å²) in [5, 5.41) is 40.9. The molecule has 4 aliphatic rings. The van der Waals surface area contributed by atoms with Gasteiger partial charge in [-0.2, -0.15) is 10.1 Å². The fraction of sp³-hybridized carbons (Fsp3) is 0.684. The summed E-state index contributed by atoms with van der Waals surface area (Å²) in [6, 6.07) is 4.43. The Kier molecular flexibility index (Phi) is 48.3. The lowest BCUT2D eigenvalue weighted by Gasteiger charge is -2.43. The largest absolute Gasteiger partial charge is 0.460 e.